The molecule has 9 nitrogen and oxygen atoms in total. The predicted molar refractivity (Wildman–Crippen MR) is 95.0 cm³/mol. The highest BCUT2D eigenvalue weighted by Gasteiger charge is 2.37. The second-order valence-corrected chi connectivity index (χ2v) is 7.22. The number of carbonyl (C=O) groups is 4. The van der Waals surface area contributed by atoms with Gasteiger partial charge in [0, 0.05) is 6.54 Å². The first-order valence-electron chi connectivity index (χ1n) is 8.94. The zero-order valence-electron chi connectivity index (χ0n) is 15.8. The van der Waals surface area contributed by atoms with E-state index in [9.17, 15) is 19.2 Å². The Morgan fingerprint density at radius 2 is 1.73 bits per heavy atom. The molecule has 9 heteroatoms. The maximum Gasteiger partial charge on any atom is 0.325 e. The van der Waals surface area contributed by atoms with Gasteiger partial charge in [-0.05, 0) is 39.0 Å². The summed E-state index contributed by atoms with van der Waals surface area (Å²) in [4.78, 5) is 49.2. The highest BCUT2D eigenvalue weighted by molar-refractivity contribution is 5.94. The van der Waals surface area contributed by atoms with Gasteiger partial charge in [-0.15, -0.1) is 0 Å². The van der Waals surface area contributed by atoms with Crippen molar-refractivity contribution >= 4 is 23.7 Å². The van der Waals surface area contributed by atoms with Gasteiger partial charge in [-0.1, -0.05) is 13.8 Å². The minimum absolute atomic E-state index is 0.257. The van der Waals surface area contributed by atoms with E-state index in [0.29, 0.717) is 25.8 Å². The third-order valence-electron chi connectivity index (χ3n) is 4.36. The summed E-state index contributed by atoms with van der Waals surface area (Å²) in [5, 5.41) is 13.7. The van der Waals surface area contributed by atoms with E-state index >= 15 is 0 Å². The van der Waals surface area contributed by atoms with Crippen LogP contribution in [0.4, 0.5) is 0 Å². The fourth-order valence-electron chi connectivity index (χ4n) is 2.90. The molecular formula is C17H30N4O5. The summed E-state index contributed by atoms with van der Waals surface area (Å²) in [6, 6.07) is -3.28. The zero-order chi connectivity index (χ0) is 20.0. The molecule has 0 saturated carbocycles. The molecule has 5 N–H and O–H groups in total. The Balaban J connectivity index is 2.66. The fraction of sp³-hybridized carbons (Fsp3) is 0.765. The number of hydrogen-bond donors (Lipinski definition) is 4. The Kier molecular flexibility index (Phi) is 8.01. The fourth-order valence-corrected chi connectivity index (χ4v) is 2.90. The molecule has 0 bridgehead atoms. The lowest BCUT2D eigenvalue weighted by molar-refractivity contribution is -0.142. The van der Waals surface area contributed by atoms with Crippen molar-refractivity contribution in [3.05, 3.63) is 0 Å². The number of amides is 3. The third kappa shape index (κ3) is 5.98. The molecule has 3 amide bonds. The van der Waals surface area contributed by atoms with E-state index in [1.54, 1.807) is 0 Å². The van der Waals surface area contributed by atoms with E-state index in [2.05, 4.69) is 10.6 Å². The molecule has 26 heavy (non-hydrogen) atoms. The number of carboxylic acid groups (broad SMARTS) is 1. The van der Waals surface area contributed by atoms with Crippen molar-refractivity contribution in [1.29, 1.82) is 0 Å². The van der Waals surface area contributed by atoms with Crippen LogP contribution in [0.5, 0.6) is 0 Å². The van der Waals surface area contributed by atoms with E-state index in [-0.39, 0.29) is 11.8 Å². The number of carboxylic acids is 1. The SMILES string of the molecule is CC(C)CC(N)C(=O)N1CCCC1C(=O)NC(C)C(=O)NC(C)C(=O)O. The molecule has 4 atom stereocenters. The Morgan fingerprint density at radius 1 is 1.12 bits per heavy atom. The Bertz CT molecular complexity index is 551. The molecule has 0 aromatic heterocycles. The molecule has 1 saturated heterocycles. The lowest BCUT2D eigenvalue weighted by atomic mass is 10.0. The molecule has 1 aliphatic rings. The molecule has 1 fully saturated rings. The molecule has 4 unspecified atom stereocenters. The molecular weight excluding hydrogens is 340 g/mol. The number of nitrogens with one attached hydrogen (secondary N) is 2. The molecule has 1 heterocycles. The third-order valence-corrected chi connectivity index (χ3v) is 4.36. The average Bonchev–Trinajstić information content (AvgIpc) is 3.02. The number of aliphatic carboxylic acids is 1. The molecule has 1 rings (SSSR count). The highest BCUT2D eigenvalue weighted by Crippen LogP contribution is 2.20. The van der Waals surface area contributed by atoms with Gasteiger partial charge in [-0.3, -0.25) is 19.2 Å². The van der Waals surface area contributed by atoms with Gasteiger partial charge >= 0.3 is 5.97 Å². The monoisotopic (exact) mass is 370 g/mol. The van der Waals surface area contributed by atoms with Crippen LogP contribution in [-0.2, 0) is 19.2 Å². The maximum atomic E-state index is 12.5. The van der Waals surface area contributed by atoms with Crippen molar-refractivity contribution in [3.8, 4) is 0 Å². The van der Waals surface area contributed by atoms with E-state index in [1.807, 2.05) is 13.8 Å². The van der Waals surface area contributed by atoms with Crippen molar-refractivity contribution in [3.63, 3.8) is 0 Å². The van der Waals surface area contributed by atoms with Gasteiger partial charge < -0.3 is 26.4 Å². The van der Waals surface area contributed by atoms with Crippen LogP contribution in [0, 0.1) is 5.92 Å². The van der Waals surface area contributed by atoms with Crippen molar-refractivity contribution in [2.45, 2.75) is 71.1 Å². The van der Waals surface area contributed by atoms with Crippen molar-refractivity contribution in [2.24, 2.45) is 11.7 Å². The molecule has 0 aromatic rings. The predicted octanol–water partition coefficient (Wildman–Crippen LogP) is -0.555. The van der Waals surface area contributed by atoms with Crippen molar-refractivity contribution in [2.75, 3.05) is 6.54 Å². The highest BCUT2D eigenvalue weighted by atomic mass is 16.4. The molecule has 0 aliphatic carbocycles. The van der Waals surface area contributed by atoms with Gasteiger partial charge in [-0.2, -0.15) is 0 Å². The van der Waals surface area contributed by atoms with Crippen LogP contribution >= 0.6 is 0 Å². The second kappa shape index (κ2) is 9.51. The summed E-state index contributed by atoms with van der Waals surface area (Å²) >= 11 is 0. The van der Waals surface area contributed by atoms with Crippen molar-refractivity contribution in [1.82, 2.24) is 15.5 Å². The lowest BCUT2D eigenvalue weighted by Crippen LogP contribution is -2.55. The first-order valence-corrected chi connectivity index (χ1v) is 8.94. The van der Waals surface area contributed by atoms with Gasteiger partial charge in [0.25, 0.3) is 0 Å². The van der Waals surface area contributed by atoms with Crippen molar-refractivity contribution < 1.29 is 24.3 Å². The van der Waals surface area contributed by atoms with Gasteiger partial charge in [0.05, 0.1) is 6.04 Å². The molecule has 0 radical (unpaired) electrons. The molecule has 148 valence electrons. The van der Waals surface area contributed by atoms with Gasteiger partial charge in [0.15, 0.2) is 0 Å². The lowest BCUT2D eigenvalue weighted by Gasteiger charge is -2.28. The van der Waals surface area contributed by atoms with E-state index in [1.165, 1.54) is 18.7 Å². The summed E-state index contributed by atoms with van der Waals surface area (Å²) in [7, 11) is 0. The standard InChI is InChI=1S/C17H30N4O5/c1-9(2)8-12(18)16(24)21-7-5-6-13(21)15(23)19-10(3)14(22)20-11(4)17(25)26/h9-13H,5-8,18H2,1-4H3,(H,19,23)(H,20,22)(H,25,26). The second-order valence-electron chi connectivity index (χ2n) is 7.22. The first kappa shape index (κ1) is 21.9. The van der Waals surface area contributed by atoms with Crippen LogP contribution in [0.25, 0.3) is 0 Å². The molecule has 0 aromatic carbocycles. The van der Waals surface area contributed by atoms with Gasteiger partial charge in [0.1, 0.15) is 18.1 Å². The number of rotatable bonds is 8. The number of nitrogens with zero attached hydrogens (tertiary/aromatic N) is 1. The topological polar surface area (TPSA) is 142 Å². The summed E-state index contributed by atoms with van der Waals surface area (Å²) in [5.41, 5.74) is 5.95. The minimum atomic E-state index is -1.16. The first-order chi connectivity index (χ1) is 12.0. The maximum absolute atomic E-state index is 12.5. The molecule has 1 aliphatic heterocycles. The quantitative estimate of drug-likeness (QED) is 0.451. The van der Waals surface area contributed by atoms with E-state index < -0.39 is 42.0 Å². The largest absolute Gasteiger partial charge is 0.480 e. The number of nitrogens with two attached hydrogens (primary N) is 1. The van der Waals surface area contributed by atoms with E-state index in [0.717, 1.165) is 0 Å². The number of hydrogen-bond acceptors (Lipinski definition) is 5. The number of likely N-dealkylation sites (tertiary alicyclic amines) is 1. The summed E-state index contributed by atoms with van der Waals surface area (Å²) in [6.45, 7) is 7.20. The Morgan fingerprint density at radius 3 is 2.27 bits per heavy atom. The average molecular weight is 370 g/mol. The summed E-state index contributed by atoms with van der Waals surface area (Å²) in [6.07, 6.45) is 1.73. The zero-order valence-corrected chi connectivity index (χ0v) is 15.8. The van der Waals surface area contributed by atoms with Crippen LogP contribution in [0.3, 0.4) is 0 Å². The smallest absolute Gasteiger partial charge is 0.325 e. The van der Waals surface area contributed by atoms with Crippen LogP contribution < -0.4 is 16.4 Å². The Labute approximate surface area is 153 Å². The summed E-state index contributed by atoms with van der Waals surface area (Å²) in [5.74, 6) is -2.18. The molecule has 0 spiro atoms. The minimum Gasteiger partial charge on any atom is -0.480 e. The van der Waals surface area contributed by atoms with E-state index in [4.69, 9.17) is 10.8 Å². The van der Waals surface area contributed by atoms with Crippen LogP contribution in [0.15, 0.2) is 0 Å². The number of carbonyl (C=O) groups excluding carboxylic acids is 3. The van der Waals surface area contributed by atoms with Gasteiger partial charge in [-0.25, -0.2) is 0 Å². The van der Waals surface area contributed by atoms with Crippen LogP contribution in [-0.4, -0.2) is 64.4 Å². The normalized spacial score (nSPS) is 20.4. The van der Waals surface area contributed by atoms with Crippen LogP contribution in [0.1, 0.15) is 47.0 Å². The van der Waals surface area contributed by atoms with Gasteiger partial charge in [0.2, 0.25) is 17.7 Å². The Hall–Kier alpha value is -2.16. The van der Waals surface area contributed by atoms with Crippen LogP contribution in [0.2, 0.25) is 0 Å². The summed E-state index contributed by atoms with van der Waals surface area (Å²) < 4.78 is 0.